The van der Waals surface area contributed by atoms with E-state index in [1.807, 2.05) is 6.07 Å². The van der Waals surface area contributed by atoms with Gasteiger partial charge < -0.3 is 9.52 Å². The molecule has 0 fully saturated rings. The number of nitrogens with zero attached hydrogens (tertiary/aromatic N) is 3. The third kappa shape index (κ3) is 1.25. The first-order valence-corrected chi connectivity index (χ1v) is 4.47. The summed E-state index contributed by atoms with van der Waals surface area (Å²) in [5.41, 5.74) is 2.10. The Morgan fingerprint density at radius 1 is 1.20 bits per heavy atom. The van der Waals surface area contributed by atoms with Crippen LogP contribution in [0.4, 0.5) is 0 Å². The molecule has 3 rings (SSSR count). The zero-order valence-electron chi connectivity index (χ0n) is 7.71. The van der Waals surface area contributed by atoms with Crippen molar-refractivity contribution in [3.8, 4) is 0 Å². The summed E-state index contributed by atoms with van der Waals surface area (Å²) in [6.07, 6.45) is 3.19. The fourth-order valence-corrected chi connectivity index (χ4v) is 1.48. The van der Waals surface area contributed by atoms with Crippen molar-refractivity contribution in [2.45, 2.75) is 6.61 Å². The first kappa shape index (κ1) is 8.31. The van der Waals surface area contributed by atoms with Crippen LogP contribution in [0.1, 0.15) is 5.76 Å². The van der Waals surface area contributed by atoms with Crippen LogP contribution in [0.3, 0.4) is 0 Å². The van der Waals surface area contributed by atoms with Crippen molar-refractivity contribution in [1.29, 1.82) is 0 Å². The van der Waals surface area contributed by atoms with Gasteiger partial charge >= 0.3 is 0 Å². The molecule has 2 aromatic heterocycles. The minimum absolute atomic E-state index is 0.159. The molecule has 0 aliphatic rings. The van der Waals surface area contributed by atoms with E-state index in [4.69, 9.17) is 9.52 Å². The highest BCUT2D eigenvalue weighted by molar-refractivity contribution is 5.91. The molecular formula is C10H7N3O2. The third-order valence-corrected chi connectivity index (χ3v) is 2.22. The molecule has 5 nitrogen and oxygen atoms in total. The van der Waals surface area contributed by atoms with E-state index in [0.717, 1.165) is 16.4 Å². The summed E-state index contributed by atoms with van der Waals surface area (Å²) < 4.78 is 5.41. The highest BCUT2D eigenvalue weighted by Gasteiger charge is 2.04. The van der Waals surface area contributed by atoms with Gasteiger partial charge in [0.1, 0.15) is 17.9 Å². The summed E-state index contributed by atoms with van der Waals surface area (Å²) in [5.74, 6) is 0.432. The quantitative estimate of drug-likeness (QED) is 0.641. The summed E-state index contributed by atoms with van der Waals surface area (Å²) in [7, 11) is 0. The van der Waals surface area contributed by atoms with Gasteiger partial charge in [0.05, 0.1) is 17.9 Å². The van der Waals surface area contributed by atoms with Crippen molar-refractivity contribution in [1.82, 2.24) is 15.2 Å². The second-order valence-corrected chi connectivity index (χ2v) is 3.21. The zero-order chi connectivity index (χ0) is 10.3. The topological polar surface area (TPSA) is 72.0 Å². The summed E-state index contributed by atoms with van der Waals surface area (Å²) in [5, 5.41) is 17.6. The lowest BCUT2D eigenvalue weighted by molar-refractivity contribution is 0.248. The molecule has 0 amide bonds. The molecule has 15 heavy (non-hydrogen) atoms. The normalized spacial score (nSPS) is 11.3. The molecule has 0 atom stereocenters. The predicted molar refractivity (Wildman–Crippen MR) is 53.0 cm³/mol. The first-order valence-electron chi connectivity index (χ1n) is 4.47. The highest BCUT2D eigenvalue weighted by Crippen LogP contribution is 2.20. The molecule has 0 saturated carbocycles. The van der Waals surface area contributed by atoms with Crippen LogP contribution in [0, 0.1) is 0 Å². The van der Waals surface area contributed by atoms with Crippen LogP contribution in [-0.4, -0.2) is 20.3 Å². The Kier molecular flexibility index (Phi) is 1.66. The Balaban J connectivity index is 2.38. The van der Waals surface area contributed by atoms with Crippen LogP contribution >= 0.6 is 0 Å². The van der Waals surface area contributed by atoms with E-state index in [1.54, 1.807) is 12.3 Å². The lowest BCUT2D eigenvalue weighted by Gasteiger charge is -1.99. The van der Waals surface area contributed by atoms with Gasteiger partial charge in [-0.2, -0.15) is 10.2 Å². The molecule has 5 heteroatoms. The number of benzene rings is 1. The van der Waals surface area contributed by atoms with Crippen LogP contribution in [-0.2, 0) is 6.61 Å². The summed E-state index contributed by atoms with van der Waals surface area (Å²) >= 11 is 0. The number of fused-ring (bicyclic) bond motifs is 2. The van der Waals surface area contributed by atoms with Crippen molar-refractivity contribution in [2.24, 2.45) is 0 Å². The maximum atomic E-state index is 8.91. The Morgan fingerprint density at radius 3 is 3.00 bits per heavy atom. The SMILES string of the molecule is OCc1cnc2cc3cnnc3cc2o1. The van der Waals surface area contributed by atoms with E-state index in [-0.39, 0.29) is 6.61 Å². The molecule has 2 heterocycles. The van der Waals surface area contributed by atoms with Crippen molar-refractivity contribution in [3.63, 3.8) is 0 Å². The van der Waals surface area contributed by atoms with Crippen molar-refractivity contribution in [2.75, 3.05) is 0 Å². The van der Waals surface area contributed by atoms with Crippen molar-refractivity contribution in [3.05, 3.63) is 30.3 Å². The molecule has 0 spiro atoms. The average Bonchev–Trinajstić information content (AvgIpc) is 2.72. The molecule has 0 bridgehead atoms. The molecule has 3 aromatic rings. The number of aromatic nitrogens is 3. The van der Waals surface area contributed by atoms with Gasteiger partial charge in [0.2, 0.25) is 0 Å². The Bertz CT molecular complexity index is 633. The molecule has 0 unspecified atom stereocenters. The summed E-state index contributed by atoms with van der Waals surface area (Å²) in [6, 6.07) is 3.62. The lowest BCUT2D eigenvalue weighted by Crippen LogP contribution is -1.86. The lowest BCUT2D eigenvalue weighted by atomic mass is 10.2. The second-order valence-electron chi connectivity index (χ2n) is 3.21. The third-order valence-electron chi connectivity index (χ3n) is 2.22. The van der Waals surface area contributed by atoms with Crippen LogP contribution < -0.4 is 0 Å². The smallest absolute Gasteiger partial charge is 0.155 e. The number of hydrogen-bond donors (Lipinski definition) is 1. The van der Waals surface area contributed by atoms with Gasteiger partial charge in [-0.3, -0.25) is 0 Å². The first-order chi connectivity index (χ1) is 7.36. The van der Waals surface area contributed by atoms with Gasteiger partial charge in [-0.15, -0.1) is 0 Å². The Hall–Kier alpha value is -2.01. The number of hydrogen-bond acceptors (Lipinski definition) is 5. The maximum Gasteiger partial charge on any atom is 0.155 e. The van der Waals surface area contributed by atoms with Gasteiger partial charge in [0, 0.05) is 11.5 Å². The summed E-state index contributed by atoms with van der Waals surface area (Å²) in [6.45, 7) is -0.159. The van der Waals surface area contributed by atoms with Gasteiger partial charge in [-0.1, -0.05) is 0 Å². The minimum Gasteiger partial charge on any atom is -0.455 e. The number of aliphatic hydroxyl groups excluding tert-OH is 1. The Labute approximate surface area is 84.4 Å². The molecule has 1 N–H and O–H groups in total. The molecule has 0 aliphatic heterocycles. The number of aliphatic hydroxyl groups is 1. The fourth-order valence-electron chi connectivity index (χ4n) is 1.48. The van der Waals surface area contributed by atoms with Gasteiger partial charge in [-0.25, -0.2) is 4.98 Å². The van der Waals surface area contributed by atoms with Gasteiger partial charge in [0.25, 0.3) is 0 Å². The molecular weight excluding hydrogens is 194 g/mol. The van der Waals surface area contributed by atoms with Crippen LogP contribution in [0.2, 0.25) is 0 Å². The number of rotatable bonds is 1. The predicted octanol–water partition coefficient (Wildman–Crippen LogP) is 1.26. The fraction of sp³-hybridized carbons (Fsp3) is 0.100. The van der Waals surface area contributed by atoms with E-state index in [9.17, 15) is 0 Å². The highest BCUT2D eigenvalue weighted by atomic mass is 16.4. The van der Waals surface area contributed by atoms with Crippen molar-refractivity contribution < 1.29 is 9.52 Å². The van der Waals surface area contributed by atoms with E-state index < -0.39 is 0 Å². The van der Waals surface area contributed by atoms with E-state index >= 15 is 0 Å². The Morgan fingerprint density at radius 2 is 2.13 bits per heavy atom. The van der Waals surface area contributed by atoms with E-state index in [0.29, 0.717) is 11.3 Å². The zero-order valence-corrected chi connectivity index (χ0v) is 7.71. The molecule has 0 aliphatic carbocycles. The monoisotopic (exact) mass is 201 g/mol. The average molecular weight is 201 g/mol. The molecule has 1 aromatic carbocycles. The van der Waals surface area contributed by atoms with Crippen LogP contribution in [0.25, 0.3) is 22.0 Å². The van der Waals surface area contributed by atoms with E-state index in [2.05, 4.69) is 15.2 Å². The van der Waals surface area contributed by atoms with Crippen LogP contribution in [0.5, 0.6) is 0 Å². The molecule has 74 valence electrons. The van der Waals surface area contributed by atoms with Gasteiger partial charge in [0.15, 0.2) is 5.58 Å². The molecule has 0 radical (unpaired) electrons. The molecule has 0 saturated heterocycles. The maximum absolute atomic E-state index is 8.91. The summed E-state index contributed by atoms with van der Waals surface area (Å²) in [4.78, 5) is 4.17. The second kappa shape index (κ2) is 2.99. The van der Waals surface area contributed by atoms with Gasteiger partial charge in [-0.05, 0) is 6.07 Å². The largest absolute Gasteiger partial charge is 0.455 e. The van der Waals surface area contributed by atoms with Crippen LogP contribution in [0.15, 0.2) is 28.9 Å². The van der Waals surface area contributed by atoms with Crippen molar-refractivity contribution >= 4 is 22.0 Å². The van der Waals surface area contributed by atoms with E-state index in [1.165, 1.54) is 6.20 Å². The standard InChI is InChI=1S/C10H7N3O2/c14-5-7-4-11-9-1-6-3-12-13-8(6)2-10(9)15-7/h1-4,14H,5H2. The minimum atomic E-state index is -0.159.